The Balaban J connectivity index is 2.00. The van der Waals surface area contributed by atoms with Crippen molar-refractivity contribution in [2.75, 3.05) is 17.7 Å². The monoisotopic (exact) mass is 280 g/mol. The van der Waals surface area contributed by atoms with Gasteiger partial charge in [-0.25, -0.2) is 0 Å². The second-order valence-corrected chi connectivity index (χ2v) is 5.11. The first-order valence-corrected chi connectivity index (χ1v) is 6.68. The van der Waals surface area contributed by atoms with Gasteiger partial charge in [-0.05, 0) is 36.8 Å². The summed E-state index contributed by atoms with van der Waals surface area (Å²) in [6.45, 7) is 2.02. The second kappa shape index (κ2) is 4.98. The minimum Gasteiger partial charge on any atom is -0.449 e. The quantitative estimate of drug-likeness (QED) is 0.645. The van der Waals surface area contributed by atoms with E-state index in [0.29, 0.717) is 22.9 Å². The van der Waals surface area contributed by atoms with Crippen molar-refractivity contribution in [3.63, 3.8) is 0 Å². The van der Waals surface area contributed by atoms with Crippen molar-refractivity contribution in [3.8, 4) is 5.75 Å². The Labute approximate surface area is 123 Å². The number of likely N-dealkylation sites (N-methyl/N-ethyl adjacent to an activating group) is 1. The smallest absolute Gasteiger partial charge is 0.293 e. The molecule has 0 aliphatic carbocycles. The molecule has 106 valence electrons. The van der Waals surface area contributed by atoms with Crippen molar-refractivity contribution in [2.45, 2.75) is 6.92 Å². The molecule has 4 nitrogen and oxygen atoms in total. The van der Waals surface area contributed by atoms with Crippen LogP contribution in [-0.4, -0.2) is 13.0 Å². The first-order chi connectivity index (χ1) is 10.0. The van der Waals surface area contributed by atoms with E-state index in [2.05, 4.69) is 0 Å². The highest BCUT2D eigenvalue weighted by atomic mass is 16.5. The Kier molecular flexibility index (Phi) is 3.14. The molecule has 2 aromatic rings. The molecule has 3 rings (SSSR count). The summed E-state index contributed by atoms with van der Waals surface area (Å²) in [5.74, 6) is 0.747. The van der Waals surface area contributed by atoms with Crippen molar-refractivity contribution in [1.29, 1.82) is 0 Å². The van der Waals surface area contributed by atoms with E-state index in [-0.39, 0.29) is 5.91 Å². The molecule has 0 aromatic heterocycles. The van der Waals surface area contributed by atoms with Gasteiger partial charge in [0.05, 0.1) is 5.69 Å². The lowest BCUT2D eigenvalue weighted by Gasteiger charge is -2.27. The van der Waals surface area contributed by atoms with Crippen LogP contribution in [0, 0.1) is 6.92 Å². The van der Waals surface area contributed by atoms with Crippen LogP contribution >= 0.6 is 0 Å². The number of hydrogen-bond donors (Lipinski definition) is 1. The number of nitrogens with zero attached hydrogens (tertiary/aromatic N) is 1. The number of benzene rings is 2. The lowest BCUT2D eigenvalue weighted by Crippen LogP contribution is -2.33. The van der Waals surface area contributed by atoms with E-state index in [1.807, 2.05) is 31.2 Å². The molecule has 0 bridgehead atoms. The third-order valence-electron chi connectivity index (χ3n) is 3.45. The number of rotatable bonds is 1. The van der Waals surface area contributed by atoms with Crippen LogP contribution in [0.3, 0.4) is 0 Å². The second-order valence-electron chi connectivity index (χ2n) is 5.11. The van der Waals surface area contributed by atoms with Gasteiger partial charge in [0, 0.05) is 12.7 Å². The summed E-state index contributed by atoms with van der Waals surface area (Å²) in [6, 6.07) is 13.2. The third-order valence-corrected chi connectivity index (χ3v) is 3.45. The van der Waals surface area contributed by atoms with E-state index in [1.165, 1.54) is 5.56 Å². The Hall–Kier alpha value is -2.75. The van der Waals surface area contributed by atoms with Gasteiger partial charge in [-0.1, -0.05) is 29.8 Å². The number of ether oxygens (including phenoxy) is 1. The lowest BCUT2D eigenvalue weighted by atomic mass is 10.1. The highest BCUT2D eigenvalue weighted by Crippen LogP contribution is 2.36. The maximum Gasteiger partial charge on any atom is 0.293 e. The highest BCUT2D eigenvalue weighted by molar-refractivity contribution is 6.09. The molecule has 0 atom stereocenters. The standard InChI is InChI=1S/C17H16N2O2/c1-11-3-5-12(6-4-11)9-16-17(20)19(2)14-10-13(18)7-8-15(14)21-16/h3-10H,18H2,1-2H3/b16-9+. The van der Waals surface area contributed by atoms with Crippen molar-refractivity contribution in [2.24, 2.45) is 0 Å². The normalized spacial score (nSPS) is 15.8. The summed E-state index contributed by atoms with van der Waals surface area (Å²) < 4.78 is 5.72. The Morgan fingerprint density at radius 2 is 1.86 bits per heavy atom. The minimum absolute atomic E-state index is 0.186. The number of amides is 1. The van der Waals surface area contributed by atoms with E-state index >= 15 is 0 Å². The zero-order valence-corrected chi connectivity index (χ0v) is 12.0. The lowest BCUT2D eigenvalue weighted by molar-refractivity contribution is -0.117. The van der Waals surface area contributed by atoms with Crippen molar-refractivity contribution in [1.82, 2.24) is 0 Å². The average Bonchev–Trinajstić information content (AvgIpc) is 2.47. The van der Waals surface area contributed by atoms with E-state index in [9.17, 15) is 4.79 Å². The number of hydrogen-bond acceptors (Lipinski definition) is 3. The molecular weight excluding hydrogens is 264 g/mol. The van der Waals surface area contributed by atoms with E-state index in [1.54, 1.807) is 36.2 Å². The highest BCUT2D eigenvalue weighted by Gasteiger charge is 2.27. The molecular formula is C17H16N2O2. The van der Waals surface area contributed by atoms with Crippen LogP contribution in [0.5, 0.6) is 5.75 Å². The van der Waals surface area contributed by atoms with Crippen molar-refractivity contribution in [3.05, 3.63) is 59.4 Å². The predicted molar refractivity (Wildman–Crippen MR) is 84.0 cm³/mol. The molecule has 1 aliphatic rings. The maximum absolute atomic E-state index is 12.4. The maximum atomic E-state index is 12.4. The first kappa shape index (κ1) is 13.2. The van der Waals surface area contributed by atoms with Gasteiger partial charge in [0.25, 0.3) is 5.91 Å². The molecule has 0 spiro atoms. The van der Waals surface area contributed by atoms with Gasteiger partial charge in [0.2, 0.25) is 0 Å². The predicted octanol–water partition coefficient (Wildman–Crippen LogP) is 2.97. The summed E-state index contributed by atoms with van der Waals surface area (Å²) in [6.07, 6.45) is 1.75. The number of anilines is 2. The van der Waals surface area contributed by atoms with Crippen LogP contribution in [0.2, 0.25) is 0 Å². The van der Waals surface area contributed by atoms with Crippen LogP contribution in [0.25, 0.3) is 6.08 Å². The number of carbonyl (C=O) groups excluding carboxylic acids is 1. The molecule has 0 saturated heterocycles. The van der Waals surface area contributed by atoms with E-state index < -0.39 is 0 Å². The van der Waals surface area contributed by atoms with Crippen LogP contribution in [0.4, 0.5) is 11.4 Å². The van der Waals surface area contributed by atoms with Gasteiger partial charge in [-0.3, -0.25) is 4.79 Å². The molecule has 1 amide bonds. The molecule has 0 fully saturated rings. The molecule has 1 aliphatic heterocycles. The topological polar surface area (TPSA) is 55.6 Å². The SMILES string of the molecule is Cc1ccc(/C=C2/Oc3ccc(N)cc3N(C)C2=O)cc1. The molecule has 0 unspecified atom stereocenters. The van der Waals surface area contributed by atoms with Crippen LogP contribution in [0.15, 0.2) is 48.2 Å². The van der Waals surface area contributed by atoms with Gasteiger partial charge < -0.3 is 15.4 Å². The molecule has 0 saturated carbocycles. The Morgan fingerprint density at radius 1 is 1.14 bits per heavy atom. The van der Waals surface area contributed by atoms with Gasteiger partial charge in [-0.15, -0.1) is 0 Å². The zero-order valence-electron chi connectivity index (χ0n) is 12.0. The number of nitrogens with two attached hydrogens (primary N) is 1. The van der Waals surface area contributed by atoms with Crippen molar-refractivity contribution < 1.29 is 9.53 Å². The number of carbonyl (C=O) groups is 1. The molecule has 1 heterocycles. The van der Waals surface area contributed by atoms with Crippen molar-refractivity contribution >= 4 is 23.4 Å². The van der Waals surface area contributed by atoms with E-state index in [4.69, 9.17) is 10.5 Å². The average molecular weight is 280 g/mol. The van der Waals surface area contributed by atoms with Gasteiger partial charge in [-0.2, -0.15) is 0 Å². The largest absolute Gasteiger partial charge is 0.449 e. The zero-order chi connectivity index (χ0) is 15.0. The fraction of sp³-hybridized carbons (Fsp3) is 0.118. The Morgan fingerprint density at radius 3 is 2.57 bits per heavy atom. The minimum atomic E-state index is -0.186. The van der Waals surface area contributed by atoms with Crippen LogP contribution in [-0.2, 0) is 4.79 Å². The van der Waals surface area contributed by atoms with E-state index in [0.717, 1.165) is 5.56 Å². The summed E-state index contributed by atoms with van der Waals surface area (Å²) >= 11 is 0. The fourth-order valence-corrected chi connectivity index (χ4v) is 2.22. The molecule has 4 heteroatoms. The summed E-state index contributed by atoms with van der Waals surface area (Å²) in [5, 5.41) is 0. The van der Waals surface area contributed by atoms with Crippen LogP contribution < -0.4 is 15.4 Å². The van der Waals surface area contributed by atoms with Gasteiger partial charge >= 0.3 is 0 Å². The van der Waals surface area contributed by atoms with Gasteiger partial charge in [0.15, 0.2) is 11.5 Å². The number of aryl methyl sites for hydroxylation is 1. The Bertz CT molecular complexity index is 733. The molecule has 21 heavy (non-hydrogen) atoms. The summed E-state index contributed by atoms with van der Waals surface area (Å²) in [5.41, 5.74) is 9.13. The van der Waals surface area contributed by atoms with Gasteiger partial charge in [0.1, 0.15) is 0 Å². The number of fused-ring (bicyclic) bond motifs is 1. The summed E-state index contributed by atoms with van der Waals surface area (Å²) in [7, 11) is 1.71. The first-order valence-electron chi connectivity index (χ1n) is 6.68. The number of nitrogen functional groups attached to an aromatic ring is 1. The van der Waals surface area contributed by atoms with Crippen LogP contribution in [0.1, 0.15) is 11.1 Å². The molecule has 2 N–H and O–H groups in total. The fourth-order valence-electron chi connectivity index (χ4n) is 2.22. The molecule has 2 aromatic carbocycles. The molecule has 0 radical (unpaired) electrons. The summed E-state index contributed by atoms with van der Waals surface area (Å²) in [4.78, 5) is 13.9. The third kappa shape index (κ3) is 2.48.